The minimum atomic E-state index is -0.00224. The van der Waals surface area contributed by atoms with Crippen LogP contribution in [0.25, 0.3) is 0 Å². The third-order valence-electron chi connectivity index (χ3n) is 4.92. The lowest BCUT2D eigenvalue weighted by Crippen LogP contribution is -2.36. The van der Waals surface area contributed by atoms with E-state index in [1.165, 1.54) is 0 Å². The molecule has 4 rings (SSSR count). The number of ether oxygens (including phenoxy) is 2. The number of carbonyl (C=O) groups is 1. The second-order valence-corrected chi connectivity index (χ2v) is 6.50. The number of hydrogen-bond acceptors (Lipinski definition) is 5. The second kappa shape index (κ2) is 7.37. The van der Waals surface area contributed by atoms with Crippen LogP contribution < -0.4 is 9.64 Å². The van der Waals surface area contributed by atoms with Crippen molar-refractivity contribution in [2.45, 2.75) is 20.0 Å². The summed E-state index contributed by atoms with van der Waals surface area (Å²) < 4.78 is 13.1. The number of aromatic nitrogens is 2. The molecule has 7 heteroatoms. The molecule has 0 radical (unpaired) electrons. The van der Waals surface area contributed by atoms with Crippen LogP contribution in [0, 0.1) is 0 Å². The summed E-state index contributed by atoms with van der Waals surface area (Å²) in [5.41, 5.74) is 2.83. The normalized spacial score (nSPS) is 17.4. The van der Waals surface area contributed by atoms with Crippen LogP contribution in [0.3, 0.4) is 0 Å². The van der Waals surface area contributed by atoms with E-state index in [-0.39, 0.29) is 5.91 Å². The van der Waals surface area contributed by atoms with Gasteiger partial charge >= 0.3 is 0 Å². The Morgan fingerprint density at radius 1 is 1.15 bits per heavy atom. The van der Waals surface area contributed by atoms with E-state index in [1.807, 2.05) is 17.9 Å². The highest BCUT2D eigenvalue weighted by Gasteiger charge is 2.24. The molecule has 0 unspecified atom stereocenters. The zero-order valence-corrected chi connectivity index (χ0v) is 15.1. The van der Waals surface area contributed by atoms with Crippen molar-refractivity contribution in [1.29, 1.82) is 0 Å². The van der Waals surface area contributed by atoms with Gasteiger partial charge < -0.3 is 19.3 Å². The lowest BCUT2D eigenvalue weighted by molar-refractivity contribution is 0.0720. The van der Waals surface area contributed by atoms with Crippen LogP contribution in [0.1, 0.15) is 23.0 Å². The summed E-state index contributed by atoms with van der Waals surface area (Å²) in [6, 6.07) is 8.03. The van der Waals surface area contributed by atoms with Crippen molar-refractivity contribution in [3.63, 3.8) is 0 Å². The highest BCUT2D eigenvalue weighted by Crippen LogP contribution is 2.29. The molecular weight excluding hydrogens is 332 g/mol. The van der Waals surface area contributed by atoms with Crippen LogP contribution in [0.2, 0.25) is 0 Å². The maximum atomic E-state index is 13.0. The van der Waals surface area contributed by atoms with Crippen molar-refractivity contribution < 1.29 is 14.3 Å². The highest BCUT2D eigenvalue weighted by molar-refractivity contribution is 5.92. The summed E-state index contributed by atoms with van der Waals surface area (Å²) in [7, 11) is 0. The van der Waals surface area contributed by atoms with Crippen molar-refractivity contribution in [2.24, 2.45) is 0 Å². The lowest BCUT2D eigenvalue weighted by Gasteiger charge is -2.29. The average molecular weight is 356 g/mol. The maximum Gasteiger partial charge on any atom is 0.272 e. The molecule has 1 saturated heterocycles. The van der Waals surface area contributed by atoms with Gasteiger partial charge in [0.15, 0.2) is 0 Å². The molecule has 3 heterocycles. The maximum absolute atomic E-state index is 13.0. The van der Waals surface area contributed by atoms with Gasteiger partial charge in [-0.2, -0.15) is 5.10 Å². The number of benzene rings is 1. The standard InChI is InChI=1S/C19H24N4O3/c1-2-23-17(5-6-20-23)19(24)22-9-12-26-18-4-3-16(13-15(18)14-22)21-7-10-25-11-8-21/h3-6,13H,2,7-12,14H2,1H3. The highest BCUT2D eigenvalue weighted by atomic mass is 16.5. The van der Waals surface area contributed by atoms with E-state index in [9.17, 15) is 4.79 Å². The molecule has 0 bridgehead atoms. The van der Waals surface area contributed by atoms with E-state index in [4.69, 9.17) is 9.47 Å². The SMILES string of the molecule is CCn1nccc1C(=O)N1CCOc2ccc(N3CCOCC3)cc2C1. The number of aryl methyl sites for hydroxylation is 1. The quantitative estimate of drug-likeness (QED) is 0.839. The summed E-state index contributed by atoms with van der Waals surface area (Å²) in [4.78, 5) is 17.1. The van der Waals surface area contributed by atoms with Crippen LogP contribution in [0.4, 0.5) is 5.69 Å². The van der Waals surface area contributed by atoms with E-state index in [0.717, 1.165) is 43.3 Å². The molecule has 7 nitrogen and oxygen atoms in total. The van der Waals surface area contributed by atoms with Gasteiger partial charge in [-0.1, -0.05) is 0 Å². The van der Waals surface area contributed by atoms with Gasteiger partial charge in [-0.3, -0.25) is 9.48 Å². The van der Waals surface area contributed by atoms with Gasteiger partial charge in [-0.25, -0.2) is 0 Å². The molecule has 138 valence electrons. The number of fused-ring (bicyclic) bond motifs is 1. The molecule has 0 N–H and O–H groups in total. The molecule has 1 fully saturated rings. The molecule has 26 heavy (non-hydrogen) atoms. The number of hydrogen-bond donors (Lipinski definition) is 0. The van der Waals surface area contributed by atoms with Crippen molar-refractivity contribution in [2.75, 3.05) is 44.4 Å². The fraction of sp³-hybridized carbons (Fsp3) is 0.474. The van der Waals surface area contributed by atoms with E-state index in [1.54, 1.807) is 16.9 Å². The van der Waals surface area contributed by atoms with Crippen LogP contribution >= 0.6 is 0 Å². The average Bonchev–Trinajstić information content (AvgIpc) is 3.06. The summed E-state index contributed by atoms with van der Waals surface area (Å²) in [5, 5.41) is 4.21. The Bertz CT molecular complexity index is 783. The number of anilines is 1. The number of amides is 1. The van der Waals surface area contributed by atoms with Gasteiger partial charge in [-0.05, 0) is 31.2 Å². The van der Waals surface area contributed by atoms with Gasteiger partial charge in [0.2, 0.25) is 0 Å². The zero-order chi connectivity index (χ0) is 17.9. The van der Waals surface area contributed by atoms with Crippen LogP contribution in [0.15, 0.2) is 30.5 Å². The third kappa shape index (κ3) is 3.26. The van der Waals surface area contributed by atoms with Gasteiger partial charge in [-0.15, -0.1) is 0 Å². The van der Waals surface area contributed by atoms with E-state index in [0.29, 0.717) is 31.9 Å². The van der Waals surface area contributed by atoms with Crippen LogP contribution in [-0.2, 0) is 17.8 Å². The van der Waals surface area contributed by atoms with Gasteiger partial charge in [0.1, 0.15) is 18.1 Å². The monoisotopic (exact) mass is 356 g/mol. The van der Waals surface area contributed by atoms with Gasteiger partial charge in [0, 0.05) is 43.6 Å². The first kappa shape index (κ1) is 16.9. The van der Waals surface area contributed by atoms with E-state index in [2.05, 4.69) is 22.1 Å². The van der Waals surface area contributed by atoms with Gasteiger partial charge in [0.05, 0.1) is 19.8 Å². The Labute approximate surface area is 153 Å². The van der Waals surface area contributed by atoms with E-state index < -0.39 is 0 Å². The van der Waals surface area contributed by atoms with Gasteiger partial charge in [0.25, 0.3) is 5.91 Å². The van der Waals surface area contributed by atoms with Crippen molar-refractivity contribution >= 4 is 11.6 Å². The summed E-state index contributed by atoms with van der Waals surface area (Å²) >= 11 is 0. The molecule has 1 aromatic carbocycles. The molecule has 0 atom stereocenters. The Morgan fingerprint density at radius 3 is 2.81 bits per heavy atom. The molecule has 2 aliphatic rings. The second-order valence-electron chi connectivity index (χ2n) is 6.50. The summed E-state index contributed by atoms with van der Waals surface area (Å²) in [5.74, 6) is 0.860. The summed E-state index contributed by atoms with van der Waals surface area (Å²) in [6.07, 6.45) is 1.68. The number of nitrogens with zero attached hydrogens (tertiary/aromatic N) is 4. The lowest BCUT2D eigenvalue weighted by atomic mass is 10.1. The molecule has 0 aliphatic carbocycles. The van der Waals surface area contributed by atoms with Crippen molar-refractivity contribution in [3.05, 3.63) is 41.7 Å². The minimum absolute atomic E-state index is 0.00224. The smallest absolute Gasteiger partial charge is 0.272 e. The number of rotatable bonds is 3. The molecule has 2 aliphatic heterocycles. The van der Waals surface area contributed by atoms with Crippen LogP contribution in [0.5, 0.6) is 5.75 Å². The summed E-state index contributed by atoms with van der Waals surface area (Å²) in [6.45, 7) is 7.54. The zero-order valence-electron chi connectivity index (χ0n) is 15.1. The molecule has 0 spiro atoms. The molecule has 1 amide bonds. The number of carbonyl (C=O) groups excluding carboxylic acids is 1. The Hall–Kier alpha value is -2.54. The first-order valence-corrected chi connectivity index (χ1v) is 9.16. The molecule has 1 aromatic heterocycles. The van der Waals surface area contributed by atoms with Crippen molar-refractivity contribution in [3.8, 4) is 5.75 Å². The molecule has 2 aromatic rings. The first-order valence-electron chi connectivity index (χ1n) is 9.16. The fourth-order valence-electron chi connectivity index (χ4n) is 3.50. The van der Waals surface area contributed by atoms with Crippen LogP contribution in [-0.4, -0.2) is 60.0 Å². The predicted octanol–water partition coefficient (Wildman–Crippen LogP) is 1.77. The van der Waals surface area contributed by atoms with E-state index >= 15 is 0 Å². The molecular formula is C19H24N4O3. The largest absolute Gasteiger partial charge is 0.491 e. The topological polar surface area (TPSA) is 59.8 Å². The fourth-order valence-corrected chi connectivity index (χ4v) is 3.50. The first-order chi connectivity index (χ1) is 12.8. The Kier molecular flexibility index (Phi) is 4.79. The Balaban J connectivity index is 1.57. The minimum Gasteiger partial charge on any atom is -0.491 e. The predicted molar refractivity (Wildman–Crippen MR) is 97.6 cm³/mol. The molecule has 0 saturated carbocycles. The Morgan fingerprint density at radius 2 is 2.00 bits per heavy atom. The van der Waals surface area contributed by atoms with Crippen molar-refractivity contribution in [1.82, 2.24) is 14.7 Å². The third-order valence-corrected chi connectivity index (χ3v) is 4.92. The number of morpholine rings is 1.